The summed E-state index contributed by atoms with van der Waals surface area (Å²) in [6, 6.07) is 0. The molecular weight excluding hydrogens is 164 g/mol. The largest absolute Gasteiger partial charge is 0.387 e. The molecule has 1 atom stereocenters. The SMILES string of the molecule is CCCC1N=C(N)CC(N(C)C)=N1. The Hall–Kier alpha value is -1.06. The number of nitrogens with zero attached hydrogens (tertiary/aromatic N) is 3. The Morgan fingerprint density at radius 3 is 2.69 bits per heavy atom. The van der Waals surface area contributed by atoms with Crippen LogP contribution in [0.4, 0.5) is 0 Å². The molecule has 0 aromatic carbocycles. The van der Waals surface area contributed by atoms with E-state index in [1.54, 1.807) is 0 Å². The van der Waals surface area contributed by atoms with E-state index in [1.807, 2.05) is 19.0 Å². The molecule has 0 spiro atoms. The predicted molar refractivity (Wildman–Crippen MR) is 56.1 cm³/mol. The molecular formula is C9H18N4. The lowest BCUT2D eigenvalue weighted by atomic mass is 10.2. The van der Waals surface area contributed by atoms with Gasteiger partial charge in [-0.05, 0) is 6.42 Å². The zero-order valence-corrected chi connectivity index (χ0v) is 8.62. The van der Waals surface area contributed by atoms with E-state index in [0.29, 0.717) is 12.3 Å². The highest BCUT2D eigenvalue weighted by Crippen LogP contribution is 2.10. The van der Waals surface area contributed by atoms with Crippen LogP contribution in [0, 0.1) is 0 Å². The molecule has 1 aliphatic heterocycles. The summed E-state index contributed by atoms with van der Waals surface area (Å²) in [7, 11) is 3.97. The van der Waals surface area contributed by atoms with Gasteiger partial charge in [0.25, 0.3) is 0 Å². The molecule has 2 N–H and O–H groups in total. The summed E-state index contributed by atoms with van der Waals surface area (Å²) in [5.41, 5.74) is 5.73. The summed E-state index contributed by atoms with van der Waals surface area (Å²) in [5.74, 6) is 1.74. The Kier molecular flexibility index (Phi) is 3.28. The number of hydrogen-bond acceptors (Lipinski definition) is 4. The second-order valence-corrected chi connectivity index (χ2v) is 3.51. The molecule has 1 unspecified atom stereocenters. The smallest absolute Gasteiger partial charge is 0.143 e. The van der Waals surface area contributed by atoms with Crippen molar-refractivity contribution in [2.45, 2.75) is 32.4 Å². The maximum atomic E-state index is 5.73. The van der Waals surface area contributed by atoms with Crippen LogP contribution >= 0.6 is 0 Å². The Labute approximate surface area is 79.5 Å². The van der Waals surface area contributed by atoms with Gasteiger partial charge in [-0.2, -0.15) is 0 Å². The van der Waals surface area contributed by atoms with E-state index in [9.17, 15) is 0 Å². The first-order chi connectivity index (χ1) is 6.13. The first-order valence-electron chi connectivity index (χ1n) is 4.69. The van der Waals surface area contributed by atoms with Crippen molar-refractivity contribution in [3.8, 4) is 0 Å². The van der Waals surface area contributed by atoms with Crippen molar-refractivity contribution in [2.24, 2.45) is 15.7 Å². The molecule has 0 aromatic rings. The highest BCUT2D eigenvalue weighted by molar-refractivity contribution is 6.02. The summed E-state index contributed by atoms with van der Waals surface area (Å²) < 4.78 is 0. The van der Waals surface area contributed by atoms with Crippen LogP contribution in [0.15, 0.2) is 9.98 Å². The molecule has 74 valence electrons. The average molecular weight is 182 g/mol. The zero-order valence-electron chi connectivity index (χ0n) is 8.62. The molecule has 0 amide bonds. The van der Waals surface area contributed by atoms with Crippen molar-refractivity contribution in [3.05, 3.63) is 0 Å². The third-order valence-electron chi connectivity index (χ3n) is 2.02. The van der Waals surface area contributed by atoms with Gasteiger partial charge in [0.2, 0.25) is 0 Å². The lowest BCUT2D eigenvalue weighted by molar-refractivity contribution is 0.564. The summed E-state index contributed by atoms with van der Waals surface area (Å²) in [4.78, 5) is 10.8. The van der Waals surface area contributed by atoms with Gasteiger partial charge in [-0.1, -0.05) is 13.3 Å². The fourth-order valence-electron chi connectivity index (χ4n) is 1.31. The van der Waals surface area contributed by atoms with Gasteiger partial charge in [0.15, 0.2) is 0 Å². The second kappa shape index (κ2) is 4.25. The minimum Gasteiger partial charge on any atom is -0.387 e. The first-order valence-corrected chi connectivity index (χ1v) is 4.69. The van der Waals surface area contributed by atoms with Crippen molar-refractivity contribution in [1.29, 1.82) is 0 Å². The van der Waals surface area contributed by atoms with Crippen molar-refractivity contribution in [1.82, 2.24) is 4.90 Å². The molecule has 4 heteroatoms. The third kappa shape index (κ3) is 2.72. The van der Waals surface area contributed by atoms with Crippen LogP contribution in [0.5, 0.6) is 0 Å². The van der Waals surface area contributed by atoms with E-state index in [2.05, 4.69) is 16.9 Å². The van der Waals surface area contributed by atoms with Crippen molar-refractivity contribution < 1.29 is 0 Å². The molecule has 0 fully saturated rings. The van der Waals surface area contributed by atoms with Gasteiger partial charge < -0.3 is 10.6 Å². The van der Waals surface area contributed by atoms with Gasteiger partial charge in [-0.15, -0.1) is 0 Å². The van der Waals surface area contributed by atoms with Crippen molar-refractivity contribution in [3.63, 3.8) is 0 Å². The fraction of sp³-hybridized carbons (Fsp3) is 0.778. The van der Waals surface area contributed by atoms with E-state index in [0.717, 1.165) is 18.7 Å². The summed E-state index contributed by atoms with van der Waals surface area (Å²) in [6.07, 6.45) is 2.81. The van der Waals surface area contributed by atoms with Crippen LogP contribution in [-0.4, -0.2) is 36.8 Å². The standard InChI is InChI=1S/C9H18N4/c1-4-5-8-11-7(10)6-9(12-8)13(2)3/h8H,4-6H2,1-3H3,(H2,10,11). The first kappa shape index (κ1) is 10.0. The van der Waals surface area contributed by atoms with Crippen LogP contribution in [0.25, 0.3) is 0 Å². The molecule has 0 aromatic heterocycles. The monoisotopic (exact) mass is 182 g/mol. The third-order valence-corrected chi connectivity index (χ3v) is 2.02. The lowest BCUT2D eigenvalue weighted by Gasteiger charge is -2.22. The number of amidine groups is 2. The van der Waals surface area contributed by atoms with E-state index < -0.39 is 0 Å². The number of nitrogens with two attached hydrogens (primary N) is 1. The Morgan fingerprint density at radius 2 is 2.15 bits per heavy atom. The lowest BCUT2D eigenvalue weighted by Crippen LogP contribution is -2.33. The maximum absolute atomic E-state index is 5.73. The average Bonchev–Trinajstić information content (AvgIpc) is 2.03. The van der Waals surface area contributed by atoms with Crippen molar-refractivity contribution in [2.75, 3.05) is 14.1 Å². The van der Waals surface area contributed by atoms with Gasteiger partial charge in [-0.25, -0.2) is 9.98 Å². The topological polar surface area (TPSA) is 54.0 Å². The minimum absolute atomic E-state index is 0.0520. The van der Waals surface area contributed by atoms with E-state index in [4.69, 9.17) is 5.73 Å². The fourth-order valence-corrected chi connectivity index (χ4v) is 1.31. The van der Waals surface area contributed by atoms with E-state index >= 15 is 0 Å². The molecule has 1 rings (SSSR count). The van der Waals surface area contributed by atoms with Gasteiger partial charge in [0, 0.05) is 14.1 Å². The van der Waals surface area contributed by atoms with Crippen LogP contribution in [0.1, 0.15) is 26.2 Å². The normalized spacial score (nSPS) is 22.2. The molecule has 0 bridgehead atoms. The van der Waals surface area contributed by atoms with Crippen LogP contribution < -0.4 is 5.73 Å². The van der Waals surface area contributed by atoms with Crippen LogP contribution in [-0.2, 0) is 0 Å². The predicted octanol–water partition coefficient (Wildman–Crippen LogP) is 0.834. The van der Waals surface area contributed by atoms with Crippen molar-refractivity contribution >= 4 is 11.7 Å². The molecule has 1 heterocycles. The van der Waals surface area contributed by atoms with Gasteiger partial charge in [-0.3, -0.25) is 0 Å². The van der Waals surface area contributed by atoms with E-state index in [1.165, 1.54) is 0 Å². The highest BCUT2D eigenvalue weighted by atomic mass is 15.2. The quantitative estimate of drug-likeness (QED) is 0.688. The van der Waals surface area contributed by atoms with Gasteiger partial charge in [0.05, 0.1) is 6.42 Å². The second-order valence-electron chi connectivity index (χ2n) is 3.51. The van der Waals surface area contributed by atoms with Gasteiger partial charge >= 0.3 is 0 Å². The van der Waals surface area contributed by atoms with Gasteiger partial charge in [0.1, 0.15) is 17.8 Å². The molecule has 1 aliphatic rings. The highest BCUT2D eigenvalue weighted by Gasteiger charge is 2.15. The van der Waals surface area contributed by atoms with Crippen LogP contribution in [0.3, 0.4) is 0 Å². The summed E-state index contributed by atoms with van der Waals surface area (Å²) in [5, 5.41) is 0. The number of aliphatic imine (C=N–C) groups is 2. The Morgan fingerprint density at radius 1 is 1.46 bits per heavy atom. The molecule has 0 aliphatic carbocycles. The molecule has 13 heavy (non-hydrogen) atoms. The van der Waals surface area contributed by atoms with Crippen LogP contribution in [0.2, 0.25) is 0 Å². The summed E-state index contributed by atoms with van der Waals surface area (Å²) in [6.45, 7) is 2.13. The minimum atomic E-state index is 0.0520. The number of rotatable bonds is 2. The molecule has 4 nitrogen and oxygen atoms in total. The zero-order chi connectivity index (χ0) is 9.84. The summed E-state index contributed by atoms with van der Waals surface area (Å²) >= 11 is 0. The Bertz CT molecular complexity index is 230. The Balaban J connectivity index is 2.68. The number of hydrogen-bond donors (Lipinski definition) is 1. The molecule has 0 saturated carbocycles. The van der Waals surface area contributed by atoms with E-state index in [-0.39, 0.29) is 6.17 Å². The maximum Gasteiger partial charge on any atom is 0.143 e. The molecule has 0 radical (unpaired) electrons. The molecule has 0 saturated heterocycles.